The van der Waals surface area contributed by atoms with Crippen LogP contribution in [-0.4, -0.2) is 23.3 Å². The Balaban J connectivity index is 2.53. The fraction of sp³-hybridized carbons (Fsp3) is 0.286. The summed E-state index contributed by atoms with van der Waals surface area (Å²) in [7, 11) is 1.22. The first-order valence-corrected chi connectivity index (χ1v) is 7.42. The highest BCUT2D eigenvalue weighted by atomic mass is 32.2. The smallest absolute Gasteiger partial charge is 0.433 e. The minimum Gasteiger partial charge on any atom is -0.481 e. The second-order valence-corrected chi connectivity index (χ2v) is 5.27. The van der Waals surface area contributed by atoms with Crippen LogP contribution < -0.4 is 4.74 Å². The van der Waals surface area contributed by atoms with E-state index in [1.807, 2.05) is 0 Å². The van der Waals surface area contributed by atoms with Crippen LogP contribution in [-0.2, 0) is 6.18 Å². The third-order valence-corrected chi connectivity index (χ3v) is 3.80. The van der Waals surface area contributed by atoms with E-state index in [9.17, 15) is 17.6 Å². The number of halogens is 4. The summed E-state index contributed by atoms with van der Waals surface area (Å²) in [5.74, 6) is -0.743. The van der Waals surface area contributed by atoms with E-state index in [2.05, 4.69) is 9.97 Å². The average molecular weight is 332 g/mol. The zero-order valence-corrected chi connectivity index (χ0v) is 12.5. The predicted octanol–water partition coefficient (Wildman–Crippen LogP) is 4.10. The minimum absolute atomic E-state index is 0.0789. The number of ether oxygens (including phenoxy) is 1. The van der Waals surface area contributed by atoms with Gasteiger partial charge < -0.3 is 4.74 Å². The summed E-state index contributed by atoms with van der Waals surface area (Å²) < 4.78 is 56.9. The Labute approximate surface area is 128 Å². The summed E-state index contributed by atoms with van der Waals surface area (Å²) in [6.07, 6.45) is -2.93. The number of hydrogen-bond donors (Lipinski definition) is 0. The molecule has 1 atom stereocenters. The molecule has 0 saturated carbocycles. The molecule has 0 aliphatic heterocycles. The van der Waals surface area contributed by atoms with Gasteiger partial charge in [-0.3, -0.25) is 0 Å². The molecule has 1 unspecified atom stereocenters. The van der Waals surface area contributed by atoms with Gasteiger partial charge in [-0.2, -0.15) is 18.2 Å². The number of nitrogens with zero attached hydrogens (tertiary/aromatic N) is 2. The van der Waals surface area contributed by atoms with Gasteiger partial charge in [-0.1, -0.05) is 12.1 Å². The molecule has 0 amide bonds. The lowest BCUT2D eigenvalue weighted by molar-refractivity contribution is -0.141. The van der Waals surface area contributed by atoms with Gasteiger partial charge >= 0.3 is 6.18 Å². The first-order valence-electron chi connectivity index (χ1n) is 6.13. The minimum atomic E-state index is -4.62. The summed E-state index contributed by atoms with van der Waals surface area (Å²) in [6.45, 7) is 0. The molecule has 0 N–H and O–H groups in total. The van der Waals surface area contributed by atoms with Crippen LogP contribution in [0, 0.1) is 5.82 Å². The van der Waals surface area contributed by atoms with Crippen molar-refractivity contribution in [1.82, 2.24) is 9.97 Å². The Kier molecular flexibility index (Phi) is 4.90. The molecule has 2 rings (SSSR count). The van der Waals surface area contributed by atoms with Crippen molar-refractivity contribution in [3.05, 3.63) is 53.2 Å². The van der Waals surface area contributed by atoms with Crippen molar-refractivity contribution in [1.29, 1.82) is 0 Å². The van der Waals surface area contributed by atoms with Crippen LogP contribution in [0.4, 0.5) is 17.6 Å². The van der Waals surface area contributed by atoms with Gasteiger partial charge in [0.25, 0.3) is 0 Å². The predicted molar refractivity (Wildman–Crippen MR) is 75.3 cm³/mol. The lowest BCUT2D eigenvalue weighted by atomic mass is 10.1. The molecule has 0 spiro atoms. The van der Waals surface area contributed by atoms with Crippen molar-refractivity contribution >= 4 is 11.8 Å². The second kappa shape index (κ2) is 6.51. The largest absolute Gasteiger partial charge is 0.481 e. The SMILES string of the molecule is COc1cc(C(F)(F)F)nc(C(SC)c2cccc(F)c2)n1. The third kappa shape index (κ3) is 3.68. The molecule has 8 heteroatoms. The van der Waals surface area contributed by atoms with Gasteiger partial charge in [0.2, 0.25) is 5.88 Å². The number of rotatable bonds is 4. The molecule has 0 bridgehead atoms. The maximum Gasteiger partial charge on any atom is 0.433 e. The molecule has 118 valence electrons. The molecule has 0 aliphatic carbocycles. The van der Waals surface area contributed by atoms with E-state index in [1.54, 1.807) is 12.3 Å². The van der Waals surface area contributed by atoms with Crippen LogP contribution in [0.5, 0.6) is 5.88 Å². The maximum absolute atomic E-state index is 13.3. The quantitative estimate of drug-likeness (QED) is 0.790. The zero-order chi connectivity index (χ0) is 16.3. The molecule has 0 saturated heterocycles. The third-order valence-electron chi connectivity index (χ3n) is 2.84. The Morgan fingerprint density at radius 3 is 2.45 bits per heavy atom. The molecule has 0 aliphatic rings. The van der Waals surface area contributed by atoms with Crippen LogP contribution in [0.1, 0.15) is 22.3 Å². The van der Waals surface area contributed by atoms with Crippen LogP contribution in [0.15, 0.2) is 30.3 Å². The van der Waals surface area contributed by atoms with Gasteiger partial charge in [-0.25, -0.2) is 9.37 Å². The van der Waals surface area contributed by atoms with Gasteiger partial charge in [0, 0.05) is 6.07 Å². The van der Waals surface area contributed by atoms with Crippen LogP contribution in [0.2, 0.25) is 0 Å². The lowest BCUT2D eigenvalue weighted by Crippen LogP contribution is -2.13. The van der Waals surface area contributed by atoms with E-state index in [4.69, 9.17) is 4.74 Å². The van der Waals surface area contributed by atoms with Crippen LogP contribution in [0.3, 0.4) is 0 Å². The summed E-state index contributed by atoms with van der Waals surface area (Å²) >= 11 is 1.21. The van der Waals surface area contributed by atoms with Crippen molar-refractivity contribution in [3.8, 4) is 5.88 Å². The number of alkyl halides is 3. The monoisotopic (exact) mass is 332 g/mol. The normalized spacial score (nSPS) is 13.0. The van der Waals surface area contributed by atoms with Crippen molar-refractivity contribution < 1.29 is 22.3 Å². The molecule has 2 aromatic rings. The van der Waals surface area contributed by atoms with Crippen molar-refractivity contribution in [2.75, 3.05) is 13.4 Å². The first-order chi connectivity index (χ1) is 10.3. The highest BCUT2D eigenvalue weighted by Crippen LogP contribution is 2.36. The second-order valence-electron chi connectivity index (χ2n) is 4.32. The van der Waals surface area contributed by atoms with Crippen LogP contribution in [0.25, 0.3) is 0 Å². The molecular weight excluding hydrogens is 320 g/mol. The first kappa shape index (κ1) is 16.5. The summed E-state index contributed by atoms with van der Waals surface area (Å²) in [6, 6.07) is 6.33. The number of hydrogen-bond acceptors (Lipinski definition) is 4. The number of methoxy groups -OCH3 is 1. The number of thioether (sulfide) groups is 1. The molecule has 1 aromatic carbocycles. The van der Waals surface area contributed by atoms with E-state index < -0.39 is 22.9 Å². The van der Waals surface area contributed by atoms with Gasteiger partial charge in [-0.15, -0.1) is 11.8 Å². The van der Waals surface area contributed by atoms with E-state index in [0.717, 1.165) is 6.07 Å². The summed E-state index contributed by atoms with van der Waals surface area (Å²) in [4.78, 5) is 7.54. The summed E-state index contributed by atoms with van der Waals surface area (Å²) in [5.41, 5.74) is -0.612. The molecule has 1 heterocycles. The Morgan fingerprint density at radius 1 is 1.18 bits per heavy atom. The fourth-order valence-electron chi connectivity index (χ4n) is 1.87. The van der Waals surface area contributed by atoms with Gasteiger partial charge in [0.1, 0.15) is 11.6 Å². The Morgan fingerprint density at radius 2 is 1.91 bits per heavy atom. The molecule has 3 nitrogen and oxygen atoms in total. The van der Waals surface area contributed by atoms with E-state index >= 15 is 0 Å². The standard InChI is InChI=1S/C14H12F4N2OS/c1-21-11-7-10(14(16,17)18)19-13(20-11)12(22-2)8-4-3-5-9(15)6-8/h3-7,12H,1-2H3. The van der Waals surface area contributed by atoms with E-state index in [0.29, 0.717) is 5.56 Å². The average Bonchev–Trinajstić information content (AvgIpc) is 2.47. The Hall–Kier alpha value is -1.83. The fourth-order valence-corrected chi connectivity index (χ4v) is 2.61. The molecule has 1 aromatic heterocycles. The Bertz CT molecular complexity index is 664. The lowest BCUT2D eigenvalue weighted by Gasteiger charge is -2.16. The van der Waals surface area contributed by atoms with Crippen molar-refractivity contribution in [2.45, 2.75) is 11.4 Å². The van der Waals surface area contributed by atoms with Gasteiger partial charge in [0.15, 0.2) is 5.69 Å². The van der Waals surface area contributed by atoms with Crippen molar-refractivity contribution in [3.63, 3.8) is 0 Å². The maximum atomic E-state index is 13.3. The van der Waals surface area contributed by atoms with Crippen LogP contribution >= 0.6 is 11.8 Å². The van der Waals surface area contributed by atoms with Crippen molar-refractivity contribution in [2.24, 2.45) is 0 Å². The van der Waals surface area contributed by atoms with E-state index in [-0.39, 0.29) is 11.7 Å². The zero-order valence-electron chi connectivity index (χ0n) is 11.7. The number of aromatic nitrogens is 2. The topological polar surface area (TPSA) is 35.0 Å². The molecule has 22 heavy (non-hydrogen) atoms. The highest BCUT2D eigenvalue weighted by Gasteiger charge is 2.34. The van der Waals surface area contributed by atoms with Gasteiger partial charge in [0.05, 0.1) is 12.4 Å². The molecule has 0 radical (unpaired) electrons. The number of benzene rings is 1. The highest BCUT2D eigenvalue weighted by molar-refractivity contribution is 7.99. The molecular formula is C14H12F4N2OS. The summed E-state index contributed by atoms with van der Waals surface area (Å²) in [5, 5.41) is -0.633. The molecule has 0 fully saturated rings. The van der Waals surface area contributed by atoms with Gasteiger partial charge in [-0.05, 0) is 24.0 Å². The van der Waals surface area contributed by atoms with E-state index in [1.165, 1.54) is 37.1 Å².